The summed E-state index contributed by atoms with van der Waals surface area (Å²) in [5.41, 5.74) is 1.54. The van der Waals surface area contributed by atoms with Crippen LogP contribution in [-0.2, 0) is 9.47 Å². The lowest BCUT2D eigenvalue weighted by molar-refractivity contribution is -0.0441. The highest BCUT2D eigenvalue weighted by molar-refractivity contribution is 9.10. The van der Waals surface area contributed by atoms with E-state index in [2.05, 4.69) is 31.9 Å². The van der Waals surface area contributed by atoms with Crippen LogP contribution in [0.4, 0.5) is 0 Å². The number of hydrogen-bond donors (Lipinski definition) is 2. The smallest absolute Gasteiger partial charge is 0.184 e. The van der Waals surface area contributed by atoms with Crippen molar-refractivity contribution < 1.29 is 24.5 Å². The fourth-order valence-electron chi connectivity index (χ4n) is 1.91. The third-order valence-electron chi connectivity index (χ3n) is 2.90. The SMILES string of the molecule is Clc1cc(Br)cc(C2OCCO2)c1.O=Cc1cc(Cl)cc(Br)c1.OCCO. The molecule has 3 rings (SSSR count). The first-order chi connectivity index (χ1) is 12.9. The summed E-state index contributed by atoms with van der Waals surface area (Å²) in [7, 11) is 0. The number of aliphatic hydroxyl groups excluding tert-OH is 2. The van der Waals surface area contributed by atoms with E-state index < -0.39 is 0 Å². The summed E-state index contributed by atoms with van der Waals surface area (Å²) in [6.07, 6.45) is 0.506. The minimum absolute atomic E-state index is 0.125. The van der Waals surface area contributed by atoms with Crippen LogP contribution in [-0.4, -0.2) is 42.9 Å². The van der Waals surface area contributed by atoms with Crippen molar-refractivity contribution in [3.63, 3.8) is 0 Å². The van der Waals surface area contributed by atoms with E-state index in [0.717, 1.165) is 20.8 Å². The Balaban J connectivity index is 0.000000232. The molecule has 2 aromatic carbocycles. The Hall–Kier alpha value is -0.510. The second-order valence-electron chi connectivity index (χ2n) is 5.04. The molecule has 1 aliphatic rings. The summed E-state index contributed by atoms with van der Waals surface area (Å²) in [5.74, 6) is 0. The Morgan fingerprint density at radius 2 is 1.44 bits per heavy atom. The van der Waals surface area contributed by atoms with Crippen molar-refractivity contribution in [2.45, 2.75) is 6.29 Å². The van der Waals surface area contributed by atoms with E-state index in [1.165, 1.54) is 0 Å². The predicted octanol–water partition coefficient (Wildman–Crippen LogP) is 5.03. The molecule has 1 aliphatic heterocycles. The minimum Gasteiger partial charge on any atom is -0.394 e. The summed E-state index contributed by atoms with van der Waals surface area (Å²) in [5, 5.41) is 16.5. The van der Waals surface area contributed by atoms with Crippen molar-refractivity contribution in [1.82, 2.24) is 0 Å². The van der Waals surface area contributed by atoms with Crippen LogP contribution in [0.2, 0.25) is 10.0 Å². The van der Waals surface area contributed by atoms with Gasteiger partial charge in [0.2, 0.25) is 0 Å². The maximum atomic E-state index is 10.2. The van der Waals surface area contributed by atoms with E-state index in [4.69, 9.17) is 42.9 Å². The van der Waals surface area contributed by atoms with Crippen LogP contribution >= 0.6 is 55.1 Å². The number of aldehydes is 1. The highest BCUT2D eigenvalue weighted by atomic mass is 79.9. The molecule has 9 heteroatoms. The molecule has 0 aliphatic carbocycles. The van der Waals surface area contributed by atoms with E-state index >= 15 is 0 Å². The number of aliphatic hydroxyl groups is 2. The fourth-order valence-corrected chi connectivity index (χ4v) is 3.68. The molecule has 148 valence electrons. The molecule has 0 saturated carbocycles. The van der Waals surface area contributed by atoms with Gasteiger partial charge in [0.15, 0.2) is 6.29 Å². The third-order valence-corrected chi connectivity index (χ3v) is 4.25. The zero-order valence-electron chi connectivity index (χ0n) is 14.1. The Morgan fingerprint density at radius 1 is 0.926 bits per heavy atom. The number of halogens is 4. The summed E-state index contributed by atoms with van der Waals surface area (Å²) < 4.78 is 12.5. The van der Waals surface area contributed by atoms with Gasteiger partial charge in [0.05, 0.1) is 26.4 Å². The molecule has 2 aromatic rings. The van der Waals surface area contributed by atoms with Crippen LogP contribution < -0.4 is 0 Å². The summed E-state index contributed by atoms with van der Waals surface area (Å²) in [6, 6.07) is 10.7. The van der Waals surface area contributed by atoms with E-state index in [1.807, 2.05) is 18.2 Å². The molecule has 0 unspecified atom stereocenters. The molecule has 0 atom stereocenters. The Morgan fingerprint density at radius 3 is 1.89 bits per heavy atom. The Bertz CT molecular complexity index is 682. The average Bonchev–Trinajstić information content (AvgIpc) is 3.15. The van der Waals surface area contributed by atoms with Crippen molar-refractivity contribution in [1.29, 1.82) is 0 Å². The lowest BCUT2D eigenvalue weighted by atomic mass is 10.2. The van der Waals surface area contributed by atoms with Gasteiger partial charge < -0.3 is 19.7 Å². The third kappa shape index (κ3) is 10.0. The zero-order valence-corrected chi connectivity index (χ0v) is 18.8. The van der Waals surface area contributed by atoms with Gasteiger partial charge in [-0.1, -0.05) is 55.1 Å². The van der Waals surface area contributed by atoms with Crippen LogP contribution in [0.25, 0.3) is 0 Å². The summed E-state index contributed by atoms with van der Waals surface area (Å²) >= 11 is 18.1. The van der Waals surface area contributed by atoms with Crippen molar-refractivity contribution in [3.8, 4) is 0 Å². The molecule has 1 saturated heterocycles. The van der Waals surface area contributed by atoms with E-state index in [1.54, 1.807) is 18.2 Å². The normalized spacial score (nSPS) is 13.3. The molecule has 0 radical (unpaired) electrons. The molecule has 1 heterocycles. The van der Waals surface area contributed by atoms with E-state index in [0.29, 0.717) is 28.8 Å². The molecule has 1 fully saturated rings. The first-order valence-corrected chi connectivity index (χ1v) is 10.1. The second-order valence-corrected chi connectivity index (χ2v) is 7.75. The van der Waals surface area contributed by atoms with E-state index in [-0.39, 0.29) is 19.5 Å². The van der Waals surface area contributed by atoms with Crippen molar-refractivity contribution in [3.05, 3.63) is 66.5 Å². The average molecular weight is 545 g/mol. The lowest BCUT2D eigenvalue weighted by Gasteiger charge is -2.09. The largest absolute Gasteiger partial charge is 0.394 e. The highest BCUT2D eigenvalue weighted by Gasteiger charge is 2.18. The van der Waals surface area contributed by atoms with Crippen LogP contribution in [0.5, 0.6) is 0 Å². The van der Waals surface area contributed by atoms with Crippen molar-refractivity contribution in [2.24, 2.45) is 0 Å². The minimum atomic E-state index is -0.255. The number of carbonyl (C=O) groups excluding carboxylic acids is 1. The Kier molecular flexibility index (Phi) is 12.4. The van der Waals surface area contributed by atoms with Crippen LogP contribution in [0.3, 0.4) is 0 Å². The van der Waals surface area contributed by atoms with Gasteiger partial charge in [0, 0.05) is 30.1 Å². The molecule has 5 nitrogen and oxygen atoms in total. The van der Waals surface area contributed by atoms with Crippen LogP contribution in [0.15, 0.2) is 45.3 Å². The molecule has 0 bridgehead atoms. The van der Waals surface area contributed by atoms with Gasteiger partial charge in [-0.15, -0.1) is 0 Å². The standard InChI is InChI=1S/C9H8BrClO2.C7H4BrClO.C2H6O2/c10-7-3-6(4-8(11)5-7)9-12-1-2-13-9;8-6-1-5(4-10)2-7(9)3-6;3-1-2-4/h3-5,9H,1-2H2;1-4H;3-4H,1-2H2. The summed E-state index contributed by atoms with van der Waals surface area (Å²) in [4.78, 5) is 10.2. The first kappa shape index (κ1) is 24.5. The number of rotatable bonds is 3. The van der Waals surface area contributed by atoms with Gasteiger partial charge in [-0.05, 0) is 36.4 Å². The number of hydrogen-bond acceptors (Lipinski definition) is 5. The van der Waals surface area contributed by atoms with Crippen LogP contribution in [0.1, 0.15) is 22.2 Å². The maximum absolute atomic E-state index is 10.2. The lowest BCUT2D eigenvalue weighted by Crippen LogP contribution is -1.97. The predicted molar refractivity (Wildman–Crippen MR) is 113 cm³/mol. The molecule has 27 heavy (non-hydrogen) atoms. The first-order valence-electron chi connectivity index (χ1n) is 7.71. The molecular weight excluding hydrogens is 527 g/mol. The topological polar surface area (TPSA) is 76.0 Å². The molecule has 0 aromatic heterocycles. The number of benzene rings is 2. The number of carbonyl (C=O) groups is 1. The van der Waals surface area contributed by atoms with Gasteiger partial charge >= 0.3 is 0 Å². The molecule has 2 N–H and O–H groups in total. The Labute approximate surface area is 184 Å². The highest BCUT2D eigenvalue weighted by Crippen LogP contribution is 2.28. The van der Waals surface area contributed by atoms with Gasteiger partial charge in [0.1, 0.15) is 6.29 Å². The quantitative estimate of drug-likeness (QED) is 0.530. The maximum Gasteiger partial charge on any atom is 0.184 e. The van der Waals surface area contributed by atoms with E-state index in [9.17, 15) is 4.79 Å². The molecular formula is C18H18Br2Cl2O5. The van der Waals surface area contributed by atoms with Gasteiger partial charge in [-0.3, -0.25) is 4.79 Å². The second kappa shape index (κ2) is 13.6. The van der Waals surface area contributed by atoms with Crippen LogP contribution in [0, 0.1) is 0 Å². The monoisotopic (exact) mass is 542 g/mol. The van der Waals surface area contributed by atoms with Gasteiger partial charge in [0.25, 0.3) is 0 Å². The zero-order chi connectivity index (χ0) is 20.2. The molecule has 0 spiro atoms. The number of ether oxygens (including phenoxy) is 2. The fraction of sp³-hybridized carbons (Fsp3) is 0.278. The van der Waals surface area contributed by atoms with Crippen molar-refractivity contribution in [2.75, 3.05) is 26.4 Å². The van der Waals surface area contributed by atoms with Crippen molar-refractivity contribution >= 4 is 61.3 Å². The summed E-state index contributed by atoms with van der Waals surface area (Å²) in [6.45, 7) is 1.05. The molecule has 0 amide bonds. The van der Waals surface area contributed by atoms with Gasteiger partial charge in [-0.25, -0.2) is 0 Å². The van der Waals surface area contributed by atoms with Gasteiger partial charge in [-0.2, -0.15) is 0 Å².